The van der Waals surface area contributed by atoms with Gasteiger partial charge in [0.1, 0.15) is 23.0 Å². The first-order valence-corrected chi connectivity index (χ1v) is 10.8. The van der Waals surface area contributed by atoms with Gasteiger partial charge in [-0.25, -0.2) is 0 Å². The van der Waals surface area contributed by atoms with Gasteiger partial charge in [0.2, 0.25) is 0 Å². The Balaban J connectivity index is 2.24. The highest BCUT2D eigenvalue weighted by atomic mass is 35.5. The Morgan fingerprint density at radius 1 is 1.03 bits per heavy atom. The lowest BCUT2D eigenvalue weighted by molar-refractivity contribution is 0.0819. The van der Waals surface area contributed by atoms with E-state index in [1.165, 1.54) is 6.08 Å². The van der Waals surface area contributed by atoms with Gasteiger partial charge in [0.05, 0.1) is 29.0 Å². The molecule has 0 aliphatic heterocycles. The highest BCUT2D eigenvalue weighted by Crippen LogP contribution is 2.37. The molecule has 0 heterocycles. The van der Waals surface area contributed by atoms with Gasteiger partial charge in [-0.2, -0.15) is 0 Å². The molecule has 5 nitrogen and oxygen atoms in total. The van der Waals surface area contributed by atoms with E-state index in [0.29, 0.717) is 41.4 Å². The lowest BCUT2D eigenvalue weighted by Gasteiger charge is -2.12. The average molecular weight is 487 g/mol. The molecule has 0 aliphatic rings. The first-order valence-electron chi connectivity index (χ1n) is 9.32. The maximum Gasteiger partial charge on any atom is 0.156 e. The van der Waals surface area contributed by atoms with Crippen LogP contribution in [0.5, 0.6) is 11.5 Å². The van der Waals surface area contributed by atoms with Crippen LogP contribution >= 0.6 is 46.4 Å². The van der Waals surface area contributed by atoms with E-state index in [9.17, 15) is 0 Å². The standard InChI is InChI=1S/C20H27Cl4NO4/c1-14(2)29-25-15(3)13-26-8-5-4-6-9-28-20-17(21)11-16(12-18(20)22)27-10-7-19(23)24/h7,11-12,14H,4-6,8-10,13H2,1-3H3. The molecule has 0 aliphatic carbocycles. The van der Waals surface area contributed by atoms with Crippen molar-refractivity contribution in [1.29, 1.82) is 0 Å². The van der Waals surface area contributed by atoms with E-state index in [1.807, 2.05) is 20.8 Å². The van der Waals surface area contributed by atoms with Crippen molar-refractivity contribution < 1.29 is 19.0 Å². The second-order valence-corrected chi connectivity index (χ2v) is 8.29. The maximum absolute atomic E-state index is 6.23. The molecule has 1 aromatic rings. The number of unbranched alkanes of at least 4 members (excludes halogenated alkanes) is 2. The lowest BCUT2D eigenvalue weighted by Crippen LogP contribution is -2.08. The molecule has 0 spiro atoms. The average Bonchev–Trinajstić information content (AvgIpc) is 2.63. The summed E-state index contributed by atoms with van der Waals surface area (Å²) in [6.45, 7) is 7.58. The summed E-state index contributed by atoms with van der Waals surface area (Å²) in [4.78, 5) is 5.16. The van der Waals surface area contributed by atoms with Gasteiger partial charge in [-0.15, -0.1) is 0 Å². The Morgan fingerprint density at radius 3 is 2.31 bits per heavy atom. The van der Waals surface area contributed by atoms with Crippen molar-refractivity contribution in [3.05, 3.63) is 32.7 Å². The van der Waals surface area contributed by atoms with Crippen LogP contribution < -0.4 is 9.47 Å². The summed E-state index contributed by atoms with van der Waals surface area (Å²) in [5, 5.41) is 4.74. The number of hydrogen-bond acceptors (Lipinski definition) is 5. The first-order chi connectivity index (χ1) is 13.8. The first kappa shape index (κ1) is 26.2. The summed E-state index contributed by atoms with van der Waals surface area (Å²) in [7, 11) is 0. The minimum absolute atomic E-state index is 0.0721. The van der Waals surface area contributed by atoms with E-state index >= 15 is 0 Å². The number of benzene rings is 1. The van der Waals surface area contributed by atoms with Crippen molar-refractivity contribution in [2.75, 3.05) is 26.4 Å². The van der Waals surface area contributed by atoms with Crippen LogP contribution in [-0.4, -0.2) is 38.2 Å². The van der Waals surface area contributed by atoms with E-state index < -0.39 is 0 Å². The number of halogens is 4. The monoisotopic (exact) mass is 485 g/mol. The third-order valence-electron chi connectivity index (χ3n) is 3.37. The smallest absolute Gasteiger partial charge is 0.156 e. The van der Waals surface area contributed by atoms with Crippen molar-refractivity contribution in [3.63, 3.8) is 0 Å². The fourth-order valence-corrected chi connectivity index (χ4v) is 2.76. The normalized spacial score (nSPS) is 11.5. The van der Waals surface area contributed by atoms with Gasteiger partial charge in [-0.3, -0.25) is 0 Å². The van der Waals surface area contributed by atoms with Crippen LogP contribution in [0.15, 0.2) is 27.9 Å². The van der Waals surface area contributed by atoms with Crippen LogP contribution in [0.4, 0.5) is 0 Å². The van der Waals surface area contributed by atoms with E-state index in [0.717, 1.165) is 25.0 Å². The van der Waals surface area contributed by atoms with Gasteiger partial charge < -0.3 is 19.0 Å². The maximum atomic E-state index is 6.23. The molecule has 9 heteroatoms. The minimum Gasteiger partial charge on any atom is -0.490 e. The Kier molecular flexibility index (Phi) is 13.6. The molecule has 29 heavy (non-hydrogen) atoms. The van der Waals surface area contributed by atoms with Gasteiger partial charge in [-0.05, 0) is 46.1 Å². The van der Waals surface area contributed by atoms with Gasteiger partial charge >= 0.3 is 0 Å². The van der Waals surface area contributed by atoms with Crippen LogP contribution in [0.2, 0.25) is 10.0 Å². The summed E-state index contributed by atoms with van der Waals surface area (Å²) in [5.74, 6) is 0.952. The molecule has 0 radical (unpaired) electrons. The van der Waals surface area contributed by atoms with Crippen LogP contribution in [-0.2, 0) is 9.57 Å². The fourth-order valence-electron chi connectivity index (χ4n) is 2.06. The summed E-state index contributed by atoms with van der Waals surface area (Å²) in [6.07, 6.45) is 4.33. The van der Waals surface area contributed by atoms with Crippen LogP contribution in [0, 0.1) is 0 Å². The number of oxime groups is 1. The van der Waals surface area contributed by atoms with Gasteiger partial charge in [0.25, 0.3) is 0 Å². The lowest BCUT2D eigenvalue weighted by atomic mass is 10.2. The van der Waals surface area contributed by atoms with Gasteiger partial charge in [-0.1, -0.05) is 51.6 Å². The zero-order valence-electron chi connectivity index (χ0n) is 16.9. The summed E-state index contributed by atoms with van der Waals surface area (Å²) >= 11 is 23.5. The highest BCUT2D eigenvalue weighted by molar-refractivity contribution is 6.55. The molecular weight excluding hydrogens is 460 g/mol. The predicted octanol–water partition coefficient (Wildman–Crippen LogP) is 7.06. The van der Waals surface area contributed by atoms with Crippen LogP contribution in [0.3, 0.4) is 0 Å². The number of rotatable bonds is 14. The molecule has 0 aromatic heterocycles. The van der Waals surface area contributed by atoms with Crippen molar-refractivity contribution in [1.82, 2.24) is 0 Å². The van der Waals surface area contributed by atoms with E-state index in [1.54, 1.807) is 12.1 Å². The number of nitrogens with zero attached hydrogens (tertiary/aromatic N) is 1. The summed E-state index contributed by atoms with van der Waals surface area (Å²) < 4.78 is 16.9. The Hall–Kier alpha value is -0.850. The molecule has 0 saturated carbocycles. The molecule has 0 N–H and O–H groups in total. The van der Waals surface area contributed by atoms with Gasteiger partial charge in [0.15, 0.2) is 5.75 Å². The molecule has 0 saturated heterocycles. The molecule has 0 fully saturated rings. The fraction of sp³-hybridized carbons (Fsp3) is 0.550. The zero-order valence-corrected chi connectivity index (χ0v) is 19.9. The molecule has 0 amide bonds. The summed E-state index contributed by atoms with van der Waals surface area (Å²) in [5.41, 5.74) is 0.820. The third-order valence-corrected chi connectivity index (χ3v) is 4.24. The Bertz CT molecular complexity index is 653. The highest BCUT2D eigenvalue weighted by Gasteiger charge is 2.10. The molecular formula is C20H27Cl4NO4. The quantitative estimate of drug-likeness (QED) is 0.160. The van der Waals surface area contributed by atoms with Crippen molar-refractivity contribution in [2.24, 2.45) is 5.16 Å². The molecule has 164 valence electrons. The largest absolute Gasteiger partial charge is 0.490 e. The molecule has 0 unspecified atom stereocenters. The summed E-state index contributed by atoms with van der Waals surface area (Å²) in [6, 6.07) is 3.28. The van der Waals surface area contributed by atoms with Crippen molar-refractivity contribution in [2.45, 2.75) is 46.1 Å². The number of ether oxygens (including phenoxy) is 3. The molecule has 0 atom stereocenters. The van der Waals surface area contributed by atoms with E-state index in [4.69, 9.17) is 65.5 Å². The number of hydrogen-bond donors (Lipinski definition) is 0. The zero-order chi connectivity index (χ0) is 21.6. The topological polar surface area (TPSA) is 49.3 Å². The Labute approximate surface area is 192 Å². The second-order valence-electron chi connectivity index (χ2n) is 6.46. The molecule has 0 bridgehead atoms. The van der Waals surface area contributed by atoms with E-state index in [2.05, 4.69) is 5.16 Å². The minimum atomic E-state index is 0.0721. The van der Waals surface area contributed by atoms with Crippen molar-refractivity contribution in [3.8, 4) is 11.5 Å². The van der Waals surface area contributed by atoms with Gasteiger partial charge in [0, 0.05) is 18.7 Å². The van der Waals surface area contributed by atoms with Crippen molar-refractivity contribution >= 4 is 52.1 Å². The molecule has 1 rings (SSSR count). The Morgan fingerprint density at radius 2 is 1.69 bits per heavy atom. The SMILES string of the molecule is CC(COCCCCCOc1c(Cl)cc(OCC=C(Cl)Cl)cc1Cl)=NOC(C)C. The van der Waals surface area contributed by atoms with Crippen LogP contribution in [0.1, 0.15) is 40.0 Å². The van der Waals surface area contributed by atoms with Crippen LogP contribution in [0.25, 0.3) is 0 Å². The third kappa shape index (κ3) is 12.4. The predicted molar refractivity (Wildman–Crippen MR) is 121 cm³/mol. The second kappa shape index (κ2) is 15.0. The molecule has 1 aromatic carbocycles. The van der Waals surface area contributed by atoms with E-state index in [-0.39, 0.29) is 17.2 Å².